The van der Waals surface area contributed by atoms with E-state index in [2.05, 4.69) is 37.9 Å². The van der Waals surface area contributed by atoms with E-state index in [1.165, 1.54) is 4.52 Å². The van der Waals surface area contributed by atoms with Crippen LogP contribution in [0.1, 0.15) is 47.4 Å². The quantitative estimate of drug-likeness (QED) is 0.220. The molecule has 44 heavy (non-hydrogen) atoms. The first-order valence-corrected chi connectivity index (χ1v) is 14.0. The second-order valence-electron chi connectivity index (χ2n) is 10.3. The Morgan fingerprint density at radius 1 is 1.14 bits per heavy atom. The second kappa shape index (κ2) is 11.7. The van der Waals surface area contributed by atoms with Crippen LogP contribution in [-0.4, -0.2) is 49.5 Å². The molecule has 2 unspecified atom stereocenters. The van der Waals surface area contributed by atoms with Gasteiger partial charge in [0.15, 0.2) is 11.5 Å². The Morgan fingerprint density at radius 3 is 2.73 bits per heavy atom. The number of carbonyl (C=O) groups excluding carboxylic acids is 3. The Labute approximate surface area is 251 Å². The highest BCUT2D eigenvalue weighted by molar-refractivity contribution is 6.04. The maximum atomic E-state index is 14.2. The van der Waals surface area contributed by atoms with Gasteiger partial charge in [0, 0.05) is 35.8 Å². The predicted molar refractivity (Wildman–Crippen MR) is 164 cm³/mol. The first-order chi connectivity index (χ1) is 21.3. The lowest BCUT2D eigenvalue weighted by Gasteiger charge is -2.21. The Kier molecular flexibility index (Phi) is 7.51. The molecule has 2 atom stereocenters. The van der Waals surface area contributed by atoms with Crippen molar-refractivity contribution in [2.24, 2.45) is 0 Å². The molecule has 5 N–H and O–H groups in total. The molecule has 1 aliphatic rings. The zero-order valence-corrected chi connectivity index (χ0v) is 23.7. The summed E-state index contributed by atoms with van der Waals surface area (Å²) in [7, 11) is 0. The van der Waals surface area contributed by atoms with Crippen LogP contribution in [0, 0.1) is 11.8 Å². The minimum Gasteiger partial charge on any atom is -0.381 e. The maximum Gasteiger partial charge on any atom is 0.264 e. The van der Waals surface area contributed by atoms with Crippen molar-refractivity contribution in [1.29, 1.82) is 0 Å². The first kappa shape index (κ1) is 28.2. The summed E-state index contributed by atoms with van der Waals surface area (Å²) in [6.07, 6.45) is 3.98. The van der Waals surface area contributed by atoms with Crippen LogP contribution in [-0.2, 0) is 9.59 Å². The number of pyridine rings is 1. The molecule has 3 amide bonds. The van der Waals surface area contributed by atoms with Crippen LogP contribution in [0.4, 0.5) is 5.82 Å². The Hall–Kier alpha value is -5.96. The highest BCUT2D eigenvalue weighted by Crippen LogP contribution is 2.24. The van der Waals surface area contributed by atoms with E-state index in [-0.39, 0.29) is 35.3 Å². The van der Waals surface area contributed by atoms with E-state index >= 15 is 0 Å². The third kappa shape index (κ3) is 5.34. The third-order valence-electron chi connectivity index (χ3n) is 7.42. The van der Waals surface area contributed by atoms with Crippen LogP contribution in [0.15, 0.2) is 77.9 Å². The minimum atomic E-state index is -0.626. The van der Waals surface area contributed by atoms with E-state index in [1.807, 2.05) is 42.5 Å². The first-order valence-electron chi connectivity index (χ1n) is 14.0. The van der Waals surface area contributed by atoms with Crippen molar-refractivity contribution in [1.82, 2.24) is 35.1 Å². The molecule has 12 nitrogen and oxygen atoms in total. The fourth-order valence-corrected chi connectivity index (χ4v) is 5.32. The number of fused-ring (bicyclic) bond motifs is 2. The number of anilines is 1. The number of aromatic nitrogens is 4. The van der Waals surface area contributed by atoms with Crippen molar-refractivity contribution >= 4 is 40.0 Å². The summed E-state index contributed by atoms with van der Waals surface area (Å²) in [5.41, 5.74) is 7.87. The summed E-state index contributed by atoms with van der Waals surface area (Å²) in [6, 6.07) is 16.8. The molecule has 4 heterocycles. The summed E-state index contributed by atoms with van der Waals surface area (Å²) in [6.45, 7) is 1.84. The number of para-hydroxylation sites is 1. The van der Waals surface area contributed by atoms with Gasteiger partial charge in [-0.15, -0.1) is 5.10 Å². The van der Waals surface area contributed by atoms with Gasteiger partial charge in [0.25, 0.3) is 11.5 Å². The second-order valence-corrected chi connectivity index (χ2v) is 10.3. The van der Waals surface area contributed by atoms with Gasteiger partial charge in [0.2, 0.25) is 11.8 Å². The highest BCUT2D eigenvalue weighted by atomic mass is 16.2. The fraction of sp³-hybridized carbons (Fsp3) is 0.188. The summed E-state index contributed by atoms with van der Waals surface area (Å²) < 4.78 is 2.99. The van der Waals surface area contributed by atoms with Crippen LogP contribution >= 0.6 is 0 Å². The average molecular weight is 589 g/mol. The lowest BCUT2D eigenvalue weighted by molar-refractivity contribution is -0.125. The largest absolute Gasteiger partial charge is 0.381 e. The molecule has 2 aromatic carbocycles. The molecule has 0 radical (unpaired) electrons. The van der Waals surface area contributed by atoms with E-state index in [0.29, 0.717) is 46.2 Å². The third-order valence-corrected chi connectivity index (χ3v) is 7.42. The predicted octanol–water partition coefficient (Wildman–Crippen LogP) is 1.85. The van der Waals surface area contributed by atoms with Crippen LogP contribution in [0.25, 0.3) is 22.1 Å². The van der Waals surface area contributed by atoms with E-state index in [4.69, 9.17) is 5.73 Å². The molecule has 0 spiro atoms. The number of nitrogen functional groups attached to an aromatic ring is 1. The van der Waals surface area contributed by atoms with Gasteiger partial charge >= 0.3 is 0 Å². The SMILES string of the molecule is CC(NC(=O)c1c(N)nn2cccnc12)c1cc2cccc(C#CCNC(=O)C3CCC(=O)N3)c2c(=O)n1-c1ccccc1. The number of amides is 3. The number of nitrogens with two attached hydrogens (primary N) is 1. The van der Waals surface area contributed by atoms with Gasteiger partial charge < -0.3 is 21.7 Å². The summed E-state index contributed by atoms with van der Waals surface area (Å²) in [5.74, 6) is 5.06. The zero-order valence-electron chi connectivity index (χ0n) is 23.7. The number of rotatable bonds is 6. The molecular formula is C32H28N8O4. The van der Waals surface area contributed by atoms with Crippen molar-refractivity contribution in [3.63, 3.8) is 0 Å². The molecule has 0 aliphatic carbocycles. The monoisotopic (exact) mass is 588 g/mol. The molecule has 12 heteroatoms. The minimum absolute atomic E-state index is 0.0414. The molecule has 1 fully saturated rings. The van der Waals surface area contributed by atoms with Gasteiger partial charge in [-0.3, -0.25) is 23.7 Å². The van der Waals surface area contributed by atoms with Crippen molar-refractivity contribution in [2.45, 2.75) is 31.8 Å². The van der Waals surface area contributed by atoms with Gasteiger partial charge in [0.1, 0.15) is 11.6 Å². The molecule has 0 bridgehead atoms. The zero-order chi connectivity index (χ0) is 30.8. The van der Waals surface area contributed by atoms with Gasteiger partial charge in [-0.05, 0) is 49.1 Å². The lowest BCUT2D eigenvalue weighted by Crippen LogP contribution is -2.41. The number of hydrogen-bond acceptors (Lipinski definition) is 7. The van der Waals surface area contributed by atoms with Crippen LogP contribution < -0.4 is 27.2 Å². The molecule has 6 rings (SSSR count). The number of benzene rings is 2. The van der Waals surface area contributed by atoms with Gasteiger partial charge in [-0.2, -0.15) is 0 Å². The number of nitrogens with one attached hydrogen (secondary N) is 3. The fourth-order valence-electron chi connectivity index (χ4n) is 5.32. The van der Waals surface area contributed by atoms with E-state index in [0.717, 1.165) is 0 Å². The number of carbonyl (C=O) groups is 3. The average Bonchev–Trinajstić information content (AvgIpc) is 3.61. The Morgan fingerprint density at radius 2 is 1.95 bits per heavy atom. The summed E-state index contributed by atoms with van der Waals surface area (Å²) >= 11 is 0. The van der Waals surface area contributed by atoms with Gasteiger partial charge in [0.05, 0.1) is 18.0 Å². The van der Waals surface area contributed by atoms with Crippen molar-refractivity contribution in [3.05, 3.63) is 100 Å². The Balaban J connectivity index is 1.35. The number of hydrogen-bond donors (Lipinski definition) is 4. The van der Waals surface area contributed by atoms with Crippen LogP contribution in [0.5, 0.6) is 0 Å². The topological polar surface area (TPSA) is 166 Å². The molecular weight excluding hydrogens is 560 g/mol. The summed E-state index contributed by atoms with van der Waals surface area (Å²) in [4.78, 5) is 55.6. The lowest BCUT2D eigenvalue weighted by atomic mass is 10.0. The van der Waals surface area contributed by atoms with Gasteiger partial charge in [-0.1, -0.05) is 42.2 Å². The van der Waals surface area contributed by atoms with Crippen molar-refractivity contribution in [3.8, 4) is 17.5 Å². The molecule has 0 saturated carbocycles. The smallest absolute Gasteiger partial charge is 0.264 e. The van der Waals surface area contributed by atoms with Gasteiger partial charge in [-0.25, -0.2) is 9.50 Å². The van der Waals surface area contributed by atoms with Crippen molar-refractivity contribution < 1.29 is 14.4 Å². The highest BCUT2D eigenvalue weighted by Gasteiger charge is 2.27. The van der Waals surface area contributed by atoms with Crippen LogP contribution in [0.3, 0.4) is 0 Å². The summed E-state index contributed by atoms with van der Waals surface area (Å²) in [5, 5.41) is 13.5. The molecule has 220 valence electrons. The molecule has 3 aromatic heterocycles. The Bertz CT molecular complexity index is 2060. The standard InChI is InChI=1S/C32H28N8O4/c1-19(36-31(43)27-28(33)38-39-17-7-16-34-29(27)39)24-18-21-9-5-8-20(10-6-15-35-30(42)23-13-14-25(41)37-23)26(21)32(44)40(24)22-11-3-2-4-12-22/h2-5,7-9,11-12,16-19,23H,13-15H2,1H3,(H2,33,38)(H,35,42)(H,36,43)(H,37,41). The maximum absolute atomic E-state index is 14.2. The van der Waals surface area contributed by atoms with Crippen molar-refractivity contribution in [2.75, 3.05) is 12.3 Å². The molecule has 1 aliphatic heterocycles. The van der Waals surface area contributed by atoms with E-state index < -0.39 is 18.0 Å². The number of nitrogens with zero attached hydrogens (tertiary/aromatic N) is 4. The van der Waals surface area contributed by atoms with E-state index in [1.54, 1.807) is 42.1 Å². The normalized spacial score (nSPS) is 14.9. The van der Waals surface area contributed by atoms with Crippen LogP contribution in [0.2, 0.25) is 0 Å². The molecule has 5 aromatic rings. The molecule has 1 saturated heterocycles. The van der Waals surface area contributed by atoms with E-state index in [9.17, 15) is 19.2 Å².